The lowest BCUT2D eigenvalue weighted by molar-refractivity contribution is 0.0342. The van der Waals surface area contributed by atoms with Crippen LogP contribution in [-0.2, 0) is 21.3 Å². The van der Waals surface area contributed by atoms with Gasteiger partial charge in [0, 0.05) is 58.2 Å². The van der Waals surface area contributed by atoms with Crippen molar-refractivity contribution in [3.8, 4) is 11.1 Å². The molecule has 0 radical (unpaired) electrons. The average molecular weight is 539 g/mol. The van der Waals surface area contributed by atoms with Crippen molar-refractivity contribution in [2.75, 3.05) is 57.4 Å². The maximum Gasteiger partial charge on any atom is 0.277 e. The normalized spacial score (nSPS) is 17.3. The minimum Gasteiger partial charge on any atom is -0.379 e. The first-order valence-corrected chi connectivity index (χ1v) is 13.9. The fourth-order valence-corrected chi connectivity index (χ4v) is 6.01. The second-order valence-corrected chi connectivity index (χ2v) is 11.2. The maximum absolute atomic E-state index is 13.3. The molecule has 2 fully saturated rings. The van der Waals surface area contributed by atoms with E-state index in [1.807, 2.05) is 17.0 Å². The molecule has 0 aliphatic carbocycles. The van der Waals surface area contributed by atoms with Gasteiger partial charge in [-0.3, -0.25) is 14.9 Å². The van der Waals surface area contributed by atoms with Crippen LogP contribution in [0.4, 0.5) is 5.95 Å². The average Bonchev–Trinajstić information content (AvgIpc) is 2.98. The highest BCUT2D eigenvalue weighted by Gasteiger charge is 2.29. The fraction of sp³-hybridized carbons (Fsp3) is 0.346. The molecular weight excluding hydrogens is 508 g/mol. The van der Waals surface area contributed by atoms with Crippen LogP contribution in [0.3, 0.4) is 0 Å². The van der Waals surface area contributed by atoms with Gasteiger partial charge in [0.05, 0.1) is 23.7 Å². The van der Waals surface area contributed by atoms with Gasteiger partial charge in [0.2, 0.25) is 16.0 Å². The van der Waals surface area contributed by atoms with Crippen molar-refractivity contribution in [3.05, 3.63) is 72.1 Å². The lowest BCUT2D eigenvalue weighted by atomic mass is 10.0. The van der Waals surface area contributed by atoms with Gasteiger partial charge in [0.15, 0.2) is 0 Å². The van der Waals surface area contributed by atoms with E-state index in [1.54, 1.807) is 12.1 Å². The number of rotatable bonds is 7. The third-order valence-corrected chi connectivity index (χ3v) is 8.73. The van der Waals surface area contributed by atoms with Crippen LogP contribution in [0, 0.1) is 0 Å². The molecule has 3 heterocycles. The summed E-state index contributed by atoms with van der Waals surface area (Å²) in [5, 5.41) is 8.71. The van der Waals surface area contributed by atoms with Gasteiger partial charge in [0.25, 0.3) is 5.91 Å². The van der Waals surface area contributed by atoms with Crippen molar-refractivity contribution in [2.24, 2.45) is 0 Å². The van der Waals surface area contributed by atoms with Gasteiger partial charge in [-0.15, -0.1) is 0 Å². The van der Waals surface area contributed by atoms with Crippen molar-refractivity contribution >= 4 is 21.9 Å². The third-order valence-electron chi connectivity index (χ3n) is 6.81. The first kappa shape index (κ1) is 26.2. The number of hydrogen-bond acceptors (Lipinski definition) is 9. The standard InChI is InChI=1S/C26H30N6O5S/c33-25(29-34)23-17-27-26(28-18-23)31-9-11-32(12-10-31)38(35,36)24-7-5-22(6-8-24)21-3-1-20(2-4-21)19-30-13-15-37-16-14-30/h1-8,17-18,34H,9-16,19H2,(H,29,33). The quantitative estimate of drug-likeness (QED) is 0.341. The van der Waals surface area contributed by atoms with E-state index in [-0.39, 0.29) is 23.5 Å². The summed E-state index contributed by atoms with van der Waals surface area (Å²) in [6.07, 6.45) is 2.63. The number of amides is 1. The summed E-state index contributed by atoms with van der Waals surface area (Å²) >= 11 is 0. The molecule has 0 atom stereocenters. The van der Waals surface area contributed by atoms with Crippen molar-refractivity contribution in [3.63, 3.8) is 0 Å². The molecule has 11 nitrogen and oxygen atoms in total. The van der Waals surface area contributed by atoms with E-state index in [0.29, 0.717) is 19.0 Å². The van der Waals surface area contributed by atoms with Crippen molar-refractivity contribution in [2.45, 2.75) is 11.4 Å². The minimum atomic E-state index is -3.64. The molecule has 0 spiro atoms. The second kappa shape index (κ2) is 11.5. The Morgan fingerprint density at radius 2 is 1.45 bits per heavy atom. The summed E-state index contributed by atoms with van der Waals surface area (Å²) in [6.45, 7) is 5.75. The summed E-state index contributed by atoms with van der Waals surface area (Å²) < 4.78 is 33.4. The minimum absolute atomic E-state index is 0.129. The van der Waals surface area contributed by atoms with E-state index in [0.717, 1.165) is 44.0 Å². The number of morpholine rings is 1. The van der Waals surface area contributed by atoms with Crippen LogP contribution < -0.4 is 10.4 Å². The Hall–Kier alpha value is -3.42. The van der Waals surface area contributed by atoms with Gasteiger partial charge in [-0.1, -0.05) is 36.4 Å². The second-order valence-electron chi connectivity index (χ2n) is 9.21. The first-order valence-electron chi connectivity index (χ1n) is 12.4. The third kappa shape index (κ3) is 5.84. The van der Waals surface area contributed by atoms with E-state index in [4.69, 9.17) is 9.94 Å². The Balaban J connectivity index is 1.19. The number of hydroxylamine groups is 1. The highest BCUT2D eigenvalue weighted by Crippen LogP contribution is 2.25. The zero-order chi connectivity index (χ0) is 26.5. The van der Waals surface area contributed by atoms with Crippen LogP contribution in [0.2, 0.25) is 0 Å². The zero-order valence-electron chi connectivity index (χ0n) is 20.9. The number of carbonyl (C=O) groups is 1. The van der Waals surface area contributed by atoms with Crippen LogP contribution in [0.5, 0.6) is 0 Å². The van der Waals surface area contributed by atoms with Crippen LogP contribution in [0.25, 0.3) is 11.1 Å². The molecule has 2 N–H and O–H groups in total. The van der Waals surface area contributed by atoms with Crippen molar-refractivity contribution in [1.29, 1.82) is 0 Å². The molecule has 2 aliphatic rings. The summed E-state index contributed by atoms with van der Waals surface area (Å²) in [7, 11) is -3.64. The SMILES string of the molecule is O=C(NO)c1cnc(N2CCN(S(=O)(=O)c3ccc(-c4ccc(CN5CCOCC5)cc4)cc3)CC2)nc1. The first-order chi connectivity index (χ1) is 18.4. The molecule has 0 unspecified atom stereocenters. The molecule has 38 heavy (non-hydrogen) atoms. The van der Waals surface area contributed by atoms with Gasteiger partial charge in [-0.25, -0.2) is 23.9 Å². The van der Waals surface area contributed by atoms with Crippen LogP contribution >= 0.6 is 0 Å². The largest absolute Gasteiger partial charge is 0.379 e. The Bertz CT molecular complexity index is 1340. The van der Waals surface area contributed by atoms with Gasteiger partial charge >= 0.3 is 0 Å². The van der Waals surface area contributed by atoms with Gasteiger partial charge in [0.1, 0.15) is 0 Å². The van der Waals surface area contributed by atoms with E-state index in [9.17, 15) is 13.2 Å². The monoisotopic (exact) mass is 538 g/mol. The maximum atomic E-state index is 13.3. The number of aromatic nitrogens is 2. The highest BCUT2D eigenvalue weighted by molar-refractivity contribution is 7.89. The Kier molecular flexibility index (Phi) is 7.95. The lowest BCUT2D eigenvalue weighted by Crippen LogP contribution is -2.49. The molecule has 0 bridgehead atoms. The van der Waals surface area contributed by atoms with Gasteiger partial charge in [-0.2, -0.15) is 4.31 Å². The number of anilines is 1. The van der Waals surface area contributed by atoms with E-state index in [2.05, 4.69) is 39.1 Å². The number of nitrogens with one attached hydrogen (secondary N) is 1. The number of nitrogens with zero attached hydrogens (tertiary/aromatic N) is 5. The van der Waals surface area contributed by atoms with E-state index < -0.39 is 15.9 Å². The predicted molar refractivity (Wildman–Crippen MR) is 140 cm³/mol. The van der Waals surface area contributed by atoms with E-state index >= 15 is 0 Å². The molecule has 0 saturated carbocycles. The summed E-state index contributed by atoms with van der Waals surface area (Å²) in [4.78, 5) is 24.2. The topological polar surface area (TPSA) is 128 Å². The smallest absolute Gasteiger partial charge is 0.277 e. The molecule has 2 aromatic carbocycles. The molecule has 200 valence electrons. The van der Waals surface area contributed by atoms with Gasteiger partial charge < -0.3 is 9.64 Å². The predicted octanol–water partition coefficient (Wildman–Crippen LogP) is 1.61. The number of carbonyl (C=O) groups excluding carboxylic acids is 1. The Labute approximate surface area is 221 Å². The molecular formula is C26H30N6O5S. The fourth-order valence-electron chi connectivity index (χ4n) is 4.58. The summed E-state index contributed by atoms with van der Waals surface area (Å²) in [5.41, 5.74) is 4.90. The number of ether oxygens (including phenoxy) is 1. The van der Waals surface area contributed by atoms with Crippen molar-refractivity contribution < 1.29 is 23.2 Å². The number of hydrogen-bond donors (Lipinski definition) is 2. The highest BCUT2D eigenvalue weighted by atomic mass is 32.2. The van der Waals surface area contributed by atoms with Crippen LogP contribution in [0.15, 0.2) is 65.8 Å². The number of piperazine rings is 1. The Morgan fingerprint density at radius 1 is 0.868 bits per heavy atom. The van der Waals surface area contributed by atoms with Gasteiger partial charge in [-0.05, 0) is 28.8 Å². The molecule has 2 saturated heterocycles. The molecule has 1 aromatic heterocycles. The molecule has 5 rings (SSSR count). The zero-order valence-corrected chi connectivity index (χ0v) is 21.7. The molecule has 1 amide bonds. The van der Waals surface area contributed by atoms with Crippen molar-refractivity contribution in [1.82, 2.24) is 24.7 Å². The summed E-state index contributed by atoms with van der Waals surface area (Å²) in [5.74, 6) is -0.295. The molecule has 2 aliphatic heterocycles. The molecule has 3 aromatic rings. The lowest BCUT2D eigenvalue weighted by Gasteiger charge is -2.34. The van der Waals surface area contributed by atoms with Crippen LogP contribution in [0.1, 0.15) is 15.9 Å². The summed E-state index contributed by atoms with van der Waals surface area (Å²) in [6, 6.07) is 15.4. The van der Waals surface area contributed by atoms with Crippen LogP contribution in [-0.4, -0.2) is 91.2 Å². The Morgan fingerprint density at radius 3 is 2.03 bits per heavy atom. The number of benzene rings is 2. The number of sulfonamides is 1. The molecule has 12 heteroatoms. The van der Waals surface area contributed by atoms with E-state index in [1.165, 1.54) is 27.7 Å².